The van der Waals surface area contributed by atoms with Crippen molar-refractivity contribution in [2.75, 3.05) is 26.1 Å². The molecule has 3 N–H and O–H groups in total. The quantitative estimate of drug-likeness (QED) is 0.0721. The fourth-order valence-electron chi connectivity index (χ4n) is 8.41. The molecule has 0 aliphatic carbocycles. The second-order valence-corrected chi connectivity index (χ2v) is 13.7. The molecule has 0 unspecified atom stereocenters. The van der Waals surface area contributed by atoms with E-state index in [1.165, 1.54) is 18.2 Å². The minimum Gasteiger partial charge on any atom is -0.508 e. The van der Waals surface area contributed by atoms with Gasteiger partial charge in [0, 0.05) is 24.2 Å². The molecule has 4 aromatic carbocycles. The summed E-state index contributed by atoms with van der Waals surface area (Å²) in [5.41, 5.74) is 1.54. The number of phenols is 1. The molecule has 0 bridgehead atoms. The number of carbonyl (C=O) groups excluding carboxylic acids is 5. The zero-order valence-electron chi connectivity index (χ0n) is 30.6. The van der Waals surface area contributed by atoms with Crippen LogP contribution in [0.25, 0.3) is 0 Å². The second-order valence-electron chi connectivity index (χ2n) is 13.7. The van der Waals surface area contributed by atoms with E-state index in [4.69, 9.17) is 14.2 Å². The molecule has 12 heteroatoms. The zero-order chi connectivity index (χ0) is 39.6. The summed E-state index contributed by atoms with van der Waals surface area (Å²) in [4.78, 5) is 71.1. The van der Waals surface area contributed by atoms with Gasteiger partial charge in [-0.1, -0.05) is 90.7 Å². The number of esters is 3. The summed E-state index contributed by atoms with van der Waals surface area (Å²) in [6, 6.07) is 27.3. The number of nitrogens with zero attached hydrogens (tertiary/aromatic N) is 1. The monoisotopic (exact) mass is 753 g/mol. The van der Waals surface area contributed by atoms with Crippen molar-refractivity contribution < 1.29 is 43.3 Å². The first-order valence-electron chi connectivity index (χ1n) is 18.0. The fourth-order valence-corrected chi connectivity index (χ4v) is 8.41. The largest absolute Gasteiger partial charge is 0.508 e. The van der Waals surface area contributed by atoms with Gasteiger partial charge in [0.25, 0.3) is 0 Å². The summed E-state index contributed by atoms with van der Waals surface area (Å²) in [7, 11) is 2.33. The number of amides is 2. The molecule has 2 fully saturated rings. The van der Waals surface area contributed by atoms with Crippen LogP contribution in [0.5, 0.6) is 5.75 Å². The molecule has 2 amide bonds. The van der Waals surface area contributed by atoms with Crippen molar-refractivity contribution in [3.63, 3.8) is 0 Å². The summed E-state index contributed by atoms with van der Waals surface area (Å²) in [5.74, 6) is -0.111. The molecule has 1 spiro atoms. The Labute approximate surface area is 323 Å². The van der Waals surface area contributed by atoms with Crippen LogP contribution in [-0.2, 0) is 43.6 Å². The van der Waals surface area contributed by atoms with E-state index in [0.29, 0.717) is 22.4 Å². The van der Waals surface area contributed by atoms with Crippen molar-refractivity contribution in [1.82, 2.24) is 10.2 Å². The van der Waals surface area contributed by atoms with Gasteiger partial charge in [0.05, 0.1) is 32.2 Å². The number of rotatable bonds is 9. The summed E-state index contributed by atoms with van der Waals surface area (Å²) < 4.78 is 15.9. The average Bonchev–Trinajstić information content (AvgIpc) is 3.70. The van der Waals surface area contributed by atoms with E-state index < -0.39 is 71.2 Å². The highest BCUT2D eigenvalue weighted by Gasteiger charge is 2.74. The molecule has 0 saturated carbocycles. The maximum atomic E-state index is 15.1. The molecular weight excluding hydrogens is 714 g/mol. The number of morpholine rings is 1. The first kappa shape index (κ1) is 37.6. The molecule has 0 aromatic heterocycles. The number of fused-ring (bicyclic) bond motifs is 3. The number of benzene rings is 4. The highest BCUT2D eigenvalue weighted by molar-refractivity contribution is 6.12. The molecule has 7 rings (SSSR count). The number of ether oxygens (including phenoxy) is 3. The predicted octanol–water partition coefficient (Wildman–Crippen LogP) is 4.67. The fraction of sp³-hybridized carbons (Fsp3) is 0.250. The van der Waals surface area contributed by atoms with E-state index in [1.807, 2.05) is 65.6 Å². The van der Waals surface area contributed by atoms with Crippen LogP contribution in [0.15, 0.2) is 116 Å². The molecule has 3 heterocycles. The third kappa shape index (κ3) is 6.35. The molecule has 3 aliphatic rings. The standard InChI is InChI=1S/C44H39N3O9/c1-4-24-45-39(49)34-36-42(52)56-37(28-15-9-6-10-16-28)35(27-13-7-5-8-14-27)47(36)38(29-19-21-30(48)22-20-29)44(34)32-25-26(18-23-33(32)46-43(44)53)12-11-17-31(40(50)54-2)41(51)55-3/h4-10,13-16,18-23,25,31,34-38,48H,1,17,24H2,2-3H3,(H,45,49)(H,46,53)/t34-,35-,36-,37+,38+,44-/m0/s1. The Morgan fingerprint density at radius 3 is 2.18 bits per heavy atom. The normalized spacial score (nSPS) is 23.5. The van der Waals surface area contributed by atoms with Crippen LogP contribution >= 0.6 is 0 Å². The summed E-state index contributed by atoms with van der Waals surface area (Å²) in [6.45, 7) is 3.82. The Balaban J connectivity index is 1.48. The van der Waals surface area contributed by atoms with E-state index in [9.17, 15) is 24.3 Å². The lowest BCUT2D eigenvalue weighted by molar-refractivity contribution is -0.178. The molecular formula is C44H39N3O9. The maximum Gasteiger partial charge on any atom is 0.324 e. The van der Waals surface area contributed by atoms with Crippen molar-refractivity contribution in [3.8, 4) is 17.6 Å². The Hall–Kier alpha value is -6.71. The van der Waals surface area contributed by atoms with E-state index in [-0.39, 0.29) is 18.7 Å². The highest BCUT2D eigenvalue weighted by Crippen LogP contribution is 2.64. The van der Waals surface area contributed by atoms with Gasteiger partial charge in [-0.15, -0.1) is 6.58 Å². The summed E-state index contributed by atoms with van der Waals surface area (Å²) in [5, 5.41) is 16.3. The van der Waals surface area contributed by atoms with Crippen LogP contribution in [-0.4, -0.2) is 66.5 Å². The van der Waals surface area contributed by atoms with Gasteiger partial charge in [-0.05, 0) is 52.6 Å². The average molecular weight is 754 g/mol. The SMILES string of the molecule is C=CCNC(=O)[C@@H]1[C@H]2C(=O)O[C@H](c3ccccc3)[C@H](c3ccccc3)N2[C@H](c2ccc(O)cc2)[C@@]12C(=O)Nc1ccc(C#CCC(C(=O)OC)C(=O)OC)cc12. The maximum absolute atomic E-state index is 15.1. The van der Waals surface area contributed by atoms with Crippen LogP contribution in [0.2, 0.25) is 0 Å². The lowest BCUT2D eigenvalue weighted by atomic mass is 9.65. The number of carbonyl (C=O) groups is 5. The molecule has 0 radical (unpaired) electrons. The van der Waals surface area contributed by atoms with E-state index in [2.05, 4.69) is 29.1 Å². The van der Waals surface area contributed by atoms with Gasteiger partial charge in [0.2, 0.25) is 11.8 Å². The third-order valence-electron chi connectivity index (χ3n) is 10.7. The van der Waals surface area contributed by atoms with Gasteiger partial charge in [0.15, 0.2) is 5.92 Å². The van der Waals surface area contributed by atoms with Crippen molar-refractivity contribution in [2.45, 2.75) is 36.1 Å². The molecule has 12 nitrogen and oxygen atoms in total. The molecule has 284 valence electrons. The van der Waals surface area contributed by atoms with Gasteiger partial charge in [-0.3, -0.25) is 28.9 Å². The summed E-state index contributed by atoms with van der Waals surface area (Å²) >= 11 is 0. The van der Waals surface area contributed by atoms with Crippen LogP contribution < -0.4 is 10.6 Å². The first-order valence-corrected chi connectivity index (χ1v) is 18.0. The van der Waals surface area contributed by atoms with Gasteiger partial charge >= 0.3 is 17.9 Å². The Morgan fingerprint density at radius 2 is 1.55 bits per heavy atom. The number of phenolic OH excluding ortho intramolecular Hbond substituents is 1. The highest BCUT2D eigenvalue weighted by atomic mass is 16.6. The van der Waals surface area contributed by atoms with E-state index in [0.717, 1.165) is 25.3 Å². The van der Waals surface area contributed by atoms with Crippen LogP contribution in [0, 0.1) is 23.7 Å². The topological polar surface area (TPSA) is 161 Å². The van der Waals surface area contributed by atoms with Crippen molar-refractivity contribution in [2.24, 2.45) is 11.8 Å². The number of nitrogens with one attached hydrogen (secondary N) is 2. The zero-order valence-corrected chi connectivity index (χ0v) is 30.6. The summed E-state index contributed by atoms with van der Waals surface area (Å²) in [6.07, 6.45) is 0.467. The lowest BCUT2D eigenvalue weighted by Gasteiger charge is -2.46. The smallest absolute Gasteiger partial charge is 0.324 e. The first-order chi connectivity index (χ1) is 27.1. The van der Waals surface area contributed by atoms with Gasteiger partial charge in [0.1, 0.15) is 23.3 Å². The number of anilines is 1. The van der Waals surface area contributed by atoms with Crippen molar-refractivity contribution in [3.05, 3.63) is 144 Å². The minimum atomic E-state index is -1.77. The second kappa shape index (κ2) is 15.6. The number of aromatic hydroxyl groups is 1. The number of methoxy groups -OCH3 is 2. The molecule has 56 heavy (non-hydrogen) atoms. The van der Waals surface area contributed by atoms with Crippen LogP contribution in [0.4, 0.5) is 5.69 Å². The third-order valence-corrected chi connectivity index (χ3v) is 10.7. The van der Waals surface area contributed by atoms with Crippen molar-refractivity contribution >= 4 is 35.4 Å². The Morgan fingerprint density at radius 1 is 0.911 bits per heavy atom. The molecule has 2 saturated heterocycles. The lowest BCUT2D eigenvalue weighted by Crippen LogP contribution is -2.54. The molecule has 6 atom stereocenters. The van der Waals surface area contributed by atoms with Crippen LogP contribution in [0.3, 0.4) is 0 Å². The van der Waals surface area contributed by atoms with Crippen molar-refractivity contribution in [1.29, 1.82) is 0 Å². The van der Waals surface area contributed by atoms with Crippen LogP contribution in [0.1, 0.15) is 52.4 Å². The Bertz CT molecular complexity index is 2230. The van der Waals surface area contributed by atoms with Gasteiger partial charge in [-0.25, -0.2) is 0 Å². The molecule has 3 aliphatic heterocycles. The van der Waals surface area contributed by atoms with Gasteiger partial charge in [-0.2, -0.15) is 0 Å². The predicted molar refractivity (Wildman–Crippen MR) is 203 cm³/mol. The minimum absolute atomic E-state index is 0.0107. The number of cyclic esters (lactones) is 1. The van der Waals surface area contributed by atoms with E-state index in [1.54, 1.807) is 30.3 Å². The van der Waals surface area contributed by atoms with Gasteiger partial charge < -0.3 is 30.0 Å². The van der Waals surface area contributed by atoms with E-state index >= 15 is 4.79 Å². The number of hydrogen-bond donors (Lipinski definition) is 3. The number of hydrogen-bond acceptors (Lipinski definition) is 10. The Kier molecular flexibility index (Phi) is 10.5. The molecule has 4 aromatic rings.